The van der Waals surface area contributed by atoms with Gasteiger partial charge in [-0.15, -0.1) is 0 Å². The molecule has 0 aliphatic carbocycles. The van der Waals surface area contributed by atoms with Gasteiger partial charge in [-0.3, -0.25) is 4.79 Å². The highest BCUT2D eigenvalue weighted by Crippen LogP contribution is 2.32. The van der Waals surface area contributed by atoms with Gasteiger partial charge in [0.2, 0.25) is 5.78 Å². The topological polar surface area (TPSA) is 135 Å². The van der Waals surface area contributed by atoms with Gasteiger partial charge in [0.05, 0.1) is 38.9 Å². The van der Waals surface area contributed by atoms with Crippen LogP contribution in [0.3, 0.4) is 0 Å². The number of hydrogen-bond acceptors (Lipinski definition) is 9. The number of nitrogens with one attached hydrogen (secondary N) is 1. The second kappa shape index (κ2) is 9.90. The molecule has 176 valence electrons. The molecular formula is C24H21N2O8-. The van der Waals surface area contributed by atoms with E-state index in [-0.39, 0.29) is 16.9 Å². The third-order valence-corrected chi connectivity index (χ3v) is 5.09. The summed E-state index contributed by atoms with van der Waals surface area (Å²) < 4.78 is 16.2. The number of ketones is 1. The zero-order valence-corrected chi connectivity index (χ0v) is 18.8. The third kappa shape index (κ3) is 4.46. The quantitative estimate of drug-likeness (QED) is 0.298. The van der Waals surface area contributed by atoms with Gasteiger partial charge < -0.3 is 33.8 Å². The summed E-state index contributed by atoms with van der Waals surface area (Å²) in [5.74, 6) is -3.32. The van der Waals surface area contributed by atoms with Gasteiger partial charge in [0.15, 0.2) is 0 Å². The number of methoxy groups -OCH3 is 3. The number of ether oxygens (including phenoxy) is 3. The number of anilines is 1. The van der Waals surface area contributed by atoms with Crippen LogP contribution in [0, 0.1) is 6.92 Å². The minimum Gasteiger partial charge on any atom is -0.545 e. The van der Waals surface area contributed by atoms with E-state index in [0.29, 0.717) is 22.5 Å². The number of nitrogens with zero attached hydrogens (tertiary/aromatic N) is 1. The lowest BCUT2D eigenvalue weighted by Gasteiger charge is -2.15. The van der Waals surface area contributed by atoms with Crippen molar-refractivity contribution in [2.24, 2.45) is 0 Å². The van der Waals surface area contributed by atoms with Crippen molar-refractivity contribution in [3.05, 3.63) is 76.8 Å². The Hall–Kier alpha value is -4.60. The number of hydrogen-bond donors (Lipinski definition) is 1. The van der Waals surface area contributed by atoms with Crippen molar-refractivity contribution in [2.45, 2.75) is 6.92 Å². The summed E-state index contributed by atoms with van der Waals surface area (Å²) in [6, 6.07) is 9.16. The fraction of sp³-hybridized carbons (Fsp3) is 0.167. The van der Waals surface area contributed by atoms with Crippen LogP contribution in [0.2, 0.25) is 0 Å². The molecule has 0 bridgehead atoms. The second-order valence-corrected chi connectivity index (χ2v) is 7.04. The van der Waals surface area contributed by atoms with Gasteiger partial charge in [0.1, 0.15) is 17.1 Å². The molecule has 0 aliphatic rings. The van der Waals surface area contributed by atoms with E-state index in [1.54, 1.807) is 35.7 Å². The Bertz CT molecular complexity index is 1340. The second-order valence-electron chi connectivity index (χ2n) is 7.04. The van der Waals surface area contributed by atoms with Gasteiger partial charge in [0.25, 0.3) is 0 Å². The van der Waals surface area contributed by atoms with Crippen molar-refractivity contribution in [2.75, 3.05) is 26.6 Å². The highest BCUT2D eigenvalue weighted by molar-refractivity contribution is 6.12. The van der Waals surface area contributed by atoms with Crippen LogP contribution in [-0.2, 0) is 19.1 Å². The summed E-state index contributed by atoms with van der Waals surface area (Å²) in [4.78, 5) is 48.8. The van der Waals surface area contributed by atoms with Crippen LogP contribution in [-0.4, -0.2) is 49.4 Å². The normalized spacial score (nSPS) is 11.1. The van der Waals surface area contributed by atoms with Crippen LogP contribution in [0.25, 0.3) is 5.52 Å². The Morgan fingerprint density at radius 1 is 1.03 bits per heavy atom. The monoisotopic (exact) mass is 465 g/mol. The Morgan fingerprint density at radius 3 is 2.38 bits per heavy atom. The fourth-order valence-corrected chi connectivity index (χ4v) is 3.52. The summed E-state index contributed by atoms with van der Waals surface area (Å²) >= 11 is 0. The van der Waals surface area contributed by atoms with Crippen molar-refractivity contribution < 1.29 is 38.5 Å². The summed E-state index contributed by atoms with van der Waals surface area (Å²) in [5.41, 5.74) is 0.773. The van der Waals surface area contributed by atoms with Crippen molar-refractivity contribution in [1.29, 1.82) is 0 Å². The smallest absolute Gasteiger partial charge is 0.354 e. The van der Waals surface area contributed by atoms with Gasteiger partial charge in [-0.25, -0.2) is 9.59 Å². The SMILES string of the molecule is COC(=O)/C=C(/Nc1ccc(C(=O)c2c(C)c(OC)c3ccccn23)cc1C(=O)[O-])C(=O)OC. The predicted octanol–water partition coefficient (Wildman–Crippen LogP) is 1.49. The summed E-state index contributed by atoms with van der Waals surface area (Å²) in [6.45, 7) is 1.73. The molecule has 3 rings (SSSR count). The number of pyridine rings is 1. The first-order valence-electron chi connectivity index (χ1n) is 9.92. The molecule has 0 amide bonds. The molecule has 0 aliphatic heterocycles. The van der Waals surface area contributed by atoms with Crippen molar-refractivity contribution >= 4 is 34.9 Å². The minimum atomic E-state index is -1.60. The highest BCUT2D eigenvalue weighted by atomic mass is 16.5. The first-order chi connectivity index (χ1) is 16.2. The number of carboxylic acid groups (broad SMARTS) is 1. The number of benzene rings is 1. The molecular weight excluding hydrogens is 444 g/mol. The van der Waals surface area contributed by atoms with E-state index >= 15 is 0 Å². The highest BCUT2D eigenvalue weighted by Gasteiger charge is 2.23. The van der Waals surface area contributed by atoms with Crippen LogP contribution in [0.5, 0.6) is 5.75 Å². The van der Waals surface area contributed by atoms with E-state index in [0.717, 1.165) is 26.4 Å². The van der Waals surface area contributed by atoms with E-state index in [1.165, 1.54) is 19.2 Å². The number of aromatic nitrogens is 1. The molecule has 0 radical (unpaired) electrons. The maximum Gasteiger partial charge on any atom is 0.354 e. The minimum absolute atomic E-state index is 0.0651. The number of rotatable bonds is 8. The molecule has 2 aromatic heterocycles. The molecule has 10 nitrogen and oxygen atoms in total. The van der Waals surface area contributed by atoms with Crippen molar-refractivity contribution in [3.63, 3.8) is 0 Å². The molecule has 0 saturated carbocycles. The Balaban J connectivity index is 2.08. The first kappa shape index (κ1) is 24.1. The van der Waals surface area contributed by atoms with Crippen LogP contribution in [0.15, 0.2) is 54.4 Å². The van der Waals surface area contributed by atoms with Gasteiger partial charge in [-0.05, 0) is 37.3 Å². The number of carbonyl (C=O) groups excluding carboxylic acids is 4. The third-order valence-electron chi connectivity index (χ3n) is 5.09. The molecule has 1 aromatic carbocycles. The average molecular weight is 465 g/mol. The molecule has 10 heteroatoms. The molecule has 34 heavy (non-hydrogen) atoms. The molecule has 1 N–H and O–H groups in total. The number of esters is 2. The molecule has 0 atom stereocenters. The van der Waals surface area contributed by atoms with Crippen LogP contribution < -0.4 is 15.2 Å². The maximum atomic E-state index is 13.4. The lowest BCUT2D eigenvalue weighted by Crippen LogP contribution is -2.25. The first-order valence-corrected chi connectivity index (χ1v) is 9.92. The number of carbonyl (C=O) groups is 4. The molecule has 0 unspecified atom stereocenters. The van der Waals surface area contributed by atoms with E-state index in [1.807, 2.05) is 0 Å². The lowest BCUT2D eigenvalue weighted by atomic mass is 10.0. The van der Waals surface area contributed by atoms with Crippen LogP contribution in [0.1, 0.15) is 32.0 Å². The molecule has 2 heterocycles. The van der Waals surface area contributed by atoms with E-state index in [9.17, 15) is 24.3 Å². The van der Waals surface area contributed by atoms with E-state index in [2.05, 4.69) is 14.8 Å². The molecule has 3 aromatic rings. The lowest BCUT2D eigenvalue weighted by molar-refractivity contribution is -0.254. The van der Waals surface area contributed by atoms with Gasteiger partial charge in [-0.1, -0.05) is 6.07 Å². The standard InChI is InChI=1S/C24H22N2O8/c1-13-20(26-10-6-5-7-18(26)22(13)33-3)21(28)14-8-9-16(15(11-14)23(29)30)25-17(24(31)34-4)12-19(27)32-2/h5-12,25H,1-4H3,(H,29,30)/p-1/b17-12+. The average Bonchev–Trinajstić information content (AvgIpc) is 3.13. The molecule has 0 fully saturated rings. The van der Waals surface area contributed by atoms with Crippen LogP contribution in [0.4, 0.5) is 5.69 Å². The van der Waals surface area contributed by atoms with E-state index in [4.69, 9.17) is 4.74 Å². The summed E-state index contributed by atoms with van der Waals surface area (Å²) in [7, 11) is 3.71. The van der Waals surface area contributed by atoms with E-state index < -0.39 is 29.3 Å². The number of fused-ring (bicyclic) bond motifs is 1. The van der Waals surface area contributed by atoms with Crippen LogP contribution >= 0.6 is 0 Å². The Labute approximate surface area is 194 Å². The number of aromatic carboxylic acids is 1. The van der Waals surface area contributed by atoms with Crippen molar-refractivity contribution in [1.82, 2.24) is 4.40 Å². The Morgan fingerprint density at radius 2 is 1.76 bits per heavy atom. The van der Waals surface area contributed by atoms with Crippen molar-refractivity contribution in [3.8, 4) is 5.75 Å². The summed E-state index contributed by atoms with van der Waals surface area (Å²) in [6.07, 6.45) is 2.51. The maximum absolute atomic E-state index is 13.4. The zero-order chi connectivity index (χ0) is 25.0. The Kier molecular flexibility index (Phi) is 7.01. The zero-order valence-electron chi connectivity index (χ0n) is 18.8. The predicted molar refractivity (Wildman–Crippen MR) is 119 cm³/mol. The van der Waals surface area contributed by atoms with Gasteiger partial charge >= 0.3 is 11.9 Å². The van der Waals surface area contributed by atoms with Gasteiger partial charge in [0, 0.05) is 28.6 Å². The summed E-state index contributed by atoms with van der Waals surface area (Å²) in [5, 5.41) is 14.4. The molecule has 0 spiro atoms. The van der Waals surface area contributed by atoms with Gasteiger partial charge in [-0.2, -0.15) is 0 Å². The fourth-order valence-electron chi connectivity index (χ4n) is 3.52. The largest absolute Gasteiger partial charge is 0.545 e. The molecule has 0 saturated heterocycles. The number of carboxylic acids is 1.